The fourth-order valence-electron chi connectivity index (χ4n) is 4.09. The van der Waals surface area contributed by atoms with Crippen LogP contribution in [0.1, 0.15) is 68.2 Å². The highest BCUT2D eigenvalue weighted by molar-refractivity contribution is 5.80. The summed E-state index contributed by atoms with van der Waals surface area (Å²) in [5, 5.41) is 11.0. The fraction of sp³-hybridized carbons (Fsp3) is 0.565. The lowest BCUT2D eigenvalue weighted by atomic mass is 10.00. The van der Waals surface area contributed by atoms with Crippen molar-refractivity contribution in [3.05, 3.63) is 46.8 Å². The molecule has 1 aromatic heterocycles. The van der Waals surface area contributed by atoms with E-state index in [1.54, 1.807) is 0 Å². The first-order valence-corrected chi connectivity index (χ1v) is 10.8. The van der Waals surface area contributed by atoms with Gasteiger partial charge in [0.2, 0.25) is 0 Å². The van der Waals surface area contributed by atoms with Crippen LogP contribution in [0.2, 0.25) is 0 Å². The molecule has 0 radical (unpaired) electrons. The quantitative estimate of drug-likeness (QED) is 0.538. The summed E-state index contributed by atoms with van der Waals surface area (Å²) in [5.74, 6) is 1.98. The Morgan fingerprint density at radius 1 is 1.24 bits per heavy atom. The molecule has 2 heterocycles. The Hall–Kier alpha value is -2.50. The van der Waals surface area contributed by atoms with Gasteiger partial charge >= 0.3 is 0 Å². The van der Waals surface area contributed by atoms with Gasteiger partial charge in [-0.3, -0.25) is 4.99 Å². The summed E-state index contributed by atoms with van der Waals surface area (Å²) in [5.41, 5.74) is 4.72. The zero-order valence-corrected chi connectivity index (χ0v) is 18.5. The van der Waals surface area contributed by atoms with Gasteiger partial charge in [-0.2, -0.15) is 0 Å². The second-order valence-corrected chi connectivity index (χ2v) is 8.01. The Morgan fingerprint density at radius 2 is 2.00 bits per heavy atom. The van der Waals surface area contributed by atoms with Crippen molar-refractivity contribution in [2.24, 2.45) is 4.99 Å². The molecule has 6 heteroatoms. The lowest BCUT2D eigenvalue weighted by Gasteiger charge is -2.22. The number of aryl methyl sites for hydroxylation is 2. The minimum absolute atomic E-state index is 0.171. The van der Waals surface area contributed by atoms with Gasteiger partial charge < -0.3 is 20.1 Å². The molecule has 6 nitrogen and oxygen atoms in total. The van der Waals surface area contributed by atoms with Crippen LogP contribution in [-0.2, 0) is 0 Å². The van der Waals surface area contributed by atoms with Gasteiger partial charge in [0.15, 0.2) is 5.96 Å². The molecule has 0 amide bonds. The fourth-order valence-corrected chi connectivity index (χ4v) is 4.09. The first kappa shape index (κ1) is 21.2. The highest BCUT2D eigenvalue weighted by Gasteiger charge is 2.17. The molecule has 2 aromatic rings. The summed E-state index contributed by atoms with van der Waals surface area (Å²) in [7, 11) is 0. The Kier molecular flexibility index (Phi) is 7.18. The lowest BCUT2D eigenvalue weighted by Crippen LogP contribution is -2.39. The number of nitrogens with one attached hydrogen (secondary N) is 2. The van der Waals surface area contributed by atoms with Crippen LogP contribution in [0.25, 0.3) is 0 Å². The van der Waals surface area contributed by atoms with Gasteiger partial charge in [-0.15, -0.1) is 0 Å². The van der Waals surface area contributed by atoms with Crippen LogP contribution in [0.5, 0.6) is 0 Å². The summed E-state index contributed by atoms with van der Waals surface area (Å²) in [6.45, 7) is 14.2. The highest BCUT2D eigenvalue weighted by atomic mass is 16.5. The van der Waals surface area contributed by atoms with Crippen LogP contribution in [0.4, 0.5) is 5.69 Å². The Labute approximate surface area is 174 Å². The van der Waals surface area contributed by atoms with Crippen LogP contribution in [-0.4, -0.2) is 37.3 Å². The number of nitrogens with zero attached hydrogens (tertiary/aromatic N) is 3. The predicted molar refractivity (Wildman–Crippen MR) is 120 cm³/mol. The number of aliphatic imine (C=N–C) groups is 1. The average molecular weight is 398 g/mol. The molecule has 1 aromatic carbocycles. The van der Waals surface area contributed by atoms with E-state index in [9.17, 15) is 0 Å². The van der Waals surface area contributed by atoms with Crippen molar-refractivity contribution in [1.82, 2.24) is 15.8 Å². The average Bonchev–Trinajstić information content (AvgIpc) is 3.36. The molecule has 0 saturated carbocycles. The summed E-state index contributed by atoms with van der Waals surface area (Å²) >= 11 is 0. The van der Waals surface area contributed by atoms with E-state index in [4.69, 9.17) is 9.52 Å². The summed E-state index contributed by atoms with van der Waals surface area (Å²) in [6.07, 6.45) is 2.58. The Morgan fingerprint density at radius 3 is 2.66 bits per heavy atom. The number of guanidine groups is 1. The zero-order valence-electron chi connectivity index (χ0n) is 18.5. The van der Waals surface area contributed by atoms with E-state index in [1.807, 2.05) is 13.8 Å². The largest absolute Gasteiger partial charge is 0.372 e. The van der Waals surface area contributed by atoms with E-state index in [2.05, 4.69) is 65.7 Å². The van der Waals surface area contributed by atoms with Crippen LogP contribution < -0.4 is 15.5 Å². The van der Waals surface area contributed by atoms with Crippen molar-refractivity contribution in [3.63, 3.8) is 0 Å². The minimum atomic E-state index is 0.171. The topological polar surface area (TPSA) is 65.7 Å². The normalized spacial score (nSPS) is 16.7. The number of rotatable bonds is 7. The van der Waals surface area contributed by atoms with Crippen molar-refractivity contribution in [3.8, 4) is 0 Å². The van der Waals surface area contributed by atoms with E-state index < -0.39 is 0 Å². The van der Waals surface area contributed by atoms with E-state index in [-0.39, 0.29) is 12.0 Å². The molecule has 1 fully saturated rings. The van der Waals surface area contributed by atoms with Crippen LogP contribution >= 0.6 is 0 Å². The highest BCUT2D eigenvalue weighted by Crippen LogP contribution is 2.25. The van der Waals surface area contributed by atoms with Gasteiger partial charge in [-0.1, -0.05) is 24.2 Å². The van der Waals surface area contributed by atoms with Crippen molar-refractivity contribution in [1.29, 1.82) is 0 Å². The molecule has 29 heavy (non-hydrogen) atoms. The molecule has 1 aliphatic heterocycles. The standard InChI is InChI=1S/C23H35N5O/c1-6-24-23(25-15-16(2)22-18(4)27-29-19(22)5)26-17(3)20-10-9-11-21(14-20)28-12-7-8-13-28/h9-11,14,16-17H,6-8,12-13,15H2,1-5H3,(H2,24,25,26). The van der Waals surface area contributed by atoms with Gasteiger partial charge in [0.1, 0.15) is 5.76 Å². The molecule has 2 atom stereocenters. The predicted octanol–water partition coefficient (Wildman–Crippen LogP) is 4.31. The number of aromatic nitrogens is 1. The van der Waals surface area contributed by atoms with E-state index >= 15 is 0 Å². The molecule has 0 spiro atoms. The second-order valence-electron chi connectivity index (χ2n) is 8.01. The number of benzene rings is 1. The second kappa shape index (κ2) is 9.81. The SMILES string of the molecule is CCNC(=NCC(C)c1c(C)noc1C)NC(C)c1cccc(N2CCCC2)c1. The van der Waals surface area contributed by atoms with Gasteiger partial charge in [0, 0.05) is 43.3 Å². The third kappa shape index (κ3) is 5.31. The number of hydrogen-bond acceptors (Lipinski definition) is 4. The van der Waals surface area contributed by atoms with Gasteiger partial charge in [-0.25, -0.2) is 0 Å². The lowest BCUT2D eigenvalue weighted by molar-refractivity contribution is 0.391. The van der Waals surface area contributed by atoms with Crippen molar-refractivity contribution < 1.29 is 4.52 Å². The van der Waals surface area contributed by atoms with E-state index in [0.29, 0.717) is 6.54 Å². The molecular weight excluding hydrogens is 362 g/mol. The Balaban J connectivity index is 1.68. The first-order chi connectivity index (χ1) is 14.0. The maximum Gasteiger partial charge on any atom is 0.191 e. The third-order valence-corrected chi connectivity index (χ3v) is 5.64. The van der Waals surface area contributed by atoms with Crippen LogP contribution in [0.15, 0.2) is 33.8 Å². The number of hydrogen-bond donors (Lipinski definition) is 2. The van der Waals surface area contributed by atoms with E-state index in [0.717, 1.165) is 42.6 Å². The Bertz CT molecular complexity index is 803. The molecule has 1 aliphatic rings. The molecule has 0 bridgehead atoms. The maximum absolute atomic E-state index is 5.31. The molecule has 2 N–H and O–H groups in total. The summed E-state index contributed by atoms with van der Waals surface area (Å²) in [4.78, 5) is 7.30. The van der Waals surface area contributed by atoms with Gasteiger partial charge in [-0.05, 0) is 58.2 Å². The maximum atomic E-state index is 5.31. The zero-order chi connectivity index (χ0) is 20.8. The van der Waals surface area contributed by atoms with E-state index in [1.165, 1.54) is 24.1 Å². The third-order valence-electron chi connectivity index (χ3n) is 5.64. The van der Waals surface area contributed by atoms with Crippen molar-refractivity contribution in [2.75, 3.05) is 31.1 Å². The van der Waals surface area contributed by atoms with Crippen LogP contribution in [0, 0.1) is 13.8 Å². The van der Waals surface area contributed by atoms with Crippen molar-refractivity contribution >= 4 is 11.6 Å². The molecule has 1 saturated heterocycles. The van der Waals surface area contributed by atoms with Gasteiger partial charge in [0.25, 0.3) is 0 Å². The first-order valence-electron chi connectivity index (χ1n) is 10.8. The van der Waals surface area contributed by atoms with Crippen molar-refractivity contribution in [2.45, 2.75) is 59.4 Å². The minimum Gasteiger partial charge on any atom is -0.372 e. The summed E-state index contributed by atoms with van der Waals surface area (Å²) in [6, 6.07) is 9.04. The molecule has 3 rings (SSSR count). The smallest absolute Gasteiger partial charge is 0.191 e. The number of anilines is 1. The molecular formula is C23H35N5O. The van der Waals surface area contributed by atoms with Gasteiger partial charge in [0.05, 0.1) is 11.7 Å². The molecule has 158 valence electrons. The molecule has 2 unspecified atom stereocenters. The monoisotopic (exact) mass is 397 g/mol. The summed E-state index contributed by atoms with van der Waals surface area (Å²) < 4.78 is 5.31. The molecule has 0 aliphatic carbocycles. The van der Waals surface area contributed by atoms with Crippen LogP contribution in [0.3, 0.4) is 0 Å².